The summed E-state index contributed by atoms with van der Waals surface area (Å²) in [6.07, 6.45) is 6.14. The Balaban J connectivity index is 0.949. The zero-order chi connectivity index (χ0) is 28.8. The monoisotopic (exact) mass is 570 g/mol. The molecule has 3 saturated heterocycles. The van der Waals surface area contributed by atoms with Crippen LogP contribution in [0.4, 0.5) is 0 Å². The molecule has 9 heteroatoms. The molecule has 7 rings (SSSR count). The maximum atomic E-state index is 13.7. The summed E-state index contributed by atoms with van der Waals surface area (Å²) in [5.74, 6) is 0.460. The number of carbonyl (C=O) groups excluding carboxylic acids is 4. The first-order chi connectivity index (χ1) is 20.4. The lowest BCUT2D eigenvalue weighted by molar-refractivity contribution is -0.138. The number of likely N-dealkylation sites (tertiary alicyclic amines) is 2. The standard InChI is InChI=1S/C33H38N4O5/c38-29-13-12-26(30(39)34-29)37-20-24-22(6-3-8-23(24)31(37)40)7-4-16-35-17-5-10-27(35)32(41)36-18-14-33(15-19-36)21-42-28-11-2-1-9-25(28)33/h1-3,6,8-9,11,26-27H,4-5,7,10,12-21H2,(H,34,38,39). The Morgan fingerprint density at radius 2 is 1.83 bits per heavy atom. The van der Waals surface area contributed by atoms with Crippen LogP contribution in [-0.4, -0.2) is 83.2 Å². The summed E-state index contributed by atoms with van der Waals surface area (Å²) in [5, 5.41) is 2.37. The van der Waals surface area contributed by atoms with Crippen molar-refractivity contribution >= 4 is 23.6 Å². The van der Waals surface area contributed by atoms with Crippen molar-refractivity contribution in [2.24, 2.45) is 0 Å². The molecule has 0 radical (unpaired) electrons. The number of ether oxygens (including phenoxy) is 1. The number of hydrogen-bond acceptors (Lipinski definition) is 6. The molecule has 2 aromatic carbocycles. The predicted octanol–water partition coefficient (Wildman–Crippen LogP) is 2.80. The molecule has 2 unspecified atom stereocenters. The van der Waals surface area contributed by atoms with Crippen molar-refractivity contribution in [1.82, 2.24) is 20.0 Å². The number of amides is 4. The number of piperidine rings is 2. The van der Waals surface area contributed by atoms with Crippen LogP contribution in [-0.2, 0) is 32.8 Å². The van der Waals surface area contributed by atoms with Crippen molar-refractivity contribution in [3.05, 3.63) is 64.7 Å². The molecule has 0 aliphatic carbocycles. The molecule has 2 aromatic rings. The SMILES string of the molecule is O=C1CCC(N2Cc3c(CCCN4CCCC4C(=O)N4CCC5(CC4)COc4ccccc45)cccc3C2=O)C(=O)N1. The third-order valence-electron chi connectivity index (χ3n) is 10.2. The van der Waals surface area contributed by atoms with E-state index < -0.39 is 6.04 Å². The molecule has 5 heterocycles. The first kappa shape index (κ1) is 27.1. The maximum Gasteiger partial charge on any atom is 0.255 e. The zero-order valence-corrected chi connectivity index (χ0v) is 24.0. The summed E-state index contributed by atoms with van der Waals surface area (Å²) < 4.78 is 6.00. The second-order valence-electron chi connectivity index (χ2n) is 12.5. The van der Waals surface area contributed by atoms with Gasteiger partial charge < -0.3 is 14.5 Å². The van der Waals surface area contributed by atoms with Crippen LogP contribution in [0.2, 0.25) is 0 Å². The summed E-state index contributed by atoms with van der Waals surface area (Å²) in [5.41, 5.74) is 4.10. The van der Waals surface area contributed by atoms with E-state index >= 15 is 0 Å². The number of fused-ring (bicyclic) bond motifs is 3. The van der Waals surface area contributed by atoms with Gasteiger partial charge in [0, 0.05) is 42.6 Å². The number of hydrogen-bond donors (Lipinski definition) is 1. The third kappa shape index (κ3) is 4.68. The highest BCUT2D eigenvalue weighted by atomic mass is 16.5. The second-order valence-corrected chi connectivity index (χ2v) is 12.5. The molecule has 1 N–H and O–H groups in total. The molecule has 0 bridgehead atoms. The van der Waals surface area contributed by atoms with E-state index in [1.54, 1.807) is 4.90 Å². The lowest BCUT2D eigenvalue weighted by Gasteiger charge is -2.40. The molecule has 0 aromatic heterocycles. The summed E-state index contributed by atoms with van der Waals surface area (Å²) in [6.45, 7) is 4.43. The fourth-order valence-corrected chi connectivity index (χ4v) is 7.83. The van der Waals surface area contributed by atoms with Crippen LogP contribution in [0.15, 0.2) is 42.5 Å². The van der Waals surface area contributed by atoms with Crippen LogP contribution >= 0.6 is 0 Å². The highest BCUT2D eigenvalue weighted by Crippen LogP contribution is 2.45. The summed E-state index contributed by atoms with van der Waals surface area (Å²) >= 11 is 0. The number of para-hydroxylation sites is 1. The predicted molar refractivity (Wildman–Crippen MR) is 155 cm³/mol. The number of rotatable bonds is 6. The number of imide groups is 1. The van der Waals surface area contributed by atoms with E-state index in [0.29, 0.717) is 25.1 Å². The molecular weight excluding hydrogens is 532 g/mol. The molecule has 4 amide bonds. The quantitative estimate of drug-likeness (QED) is 0.537. The Hall–Kier alpha value is -3.72. The van der Waals surface area contributed by atoms with Gasteiger partial charge in [0.2, 0.25) is 17.7 Å². The molecule has 1 spiro atoms. The minimum atomic E-state index is -0.604. The Bertz CT molecular complexity index is 1430. The van der Waals surface area contributed by atoms with E-state index in [1.165, 1.54) is 5.56 Å². The van der Waals surface area contributed by atoms with E-state index in [9.17, 15) is 19.2 Å². The minimum Gasteiger partial charge on any atom is -0.492 e. The van der Waals surface area contributed by atoms with Gasteiger partial charge in [0.1, 0.15) is 11.8 Å². The highest BCUT2D eigenvalue weighted by Gasteiger charge is 2.45. The Labute approximate surface area is 246 Å². The lowest BCUT2D eigenvalue weighted by Crippen LogP contribution is -2.52. The number of nitrogens with zero attached hydrogens (tertiary/aromatic N) is 3. The highest BCUT2D eigenvalue weighted by molar-refractivity contribution is 6.05. The largest absolute Gasteiger partial charge is 0.492 e. The fourth-order valence-electron chi connectivity index (χ4n) is 7.83. The molecule has 2 atom stereocenters. The van der Waals surface area contributed by atoms with Gasteiger partial charge in [0.25, 0.3) is 5.91 Å². The van der Waals surface area contributed by atoms with Crippen molar-refractivity contribution in [2.45, 2.75) is 75.4 Å². The number of carbonyl (C=O) groups is 4. The molecule has 5 aliphatic rings. The third-order valence-corrected chi connectivity index (χ3v) is 10.2. The van der Waals surface area contributed by atoms with Gasteiger partial charge in [-0.3, -0.25) is 29.4 Å². The van der Waals surface area contributed by atoms with E-state index in [4.69, 9.17) is 4.74 Å². The molecule has 0 saturated carbocycles. The molecule has 42 heavy (non-hydrogen) atoms. The zero-order valence-electron chi connectivity index (χ0n) is 24.0. The van der Waals surface area contributed by atoms with E-state index in [0.717, 1.165) is 81.6 Å². The van der Waals surface area contributed by atoms with Crippen molar-refractivity contribution in [3.8, 4) is 5.75 Å². The second kappa shape index (κ2) is 10.8. The average Bonchev–Trinajstić information content (AvgIpc) is 3.70. The molecule has 220 valence electrons. The van der Waals surface area contributed by atoms with Crippen molar-refractivity contribution in [1.29, 1.82) is 0 Å². The first-order valence-electron chi connectivity index (χ1n) is 15.4. The normalized spacial score (nSPS) is 25.0. The van der Waals surface area contributed by atoms with Crippen molar-refractivity contribution in [3.63, 3.8) is 0 Å². The number of nitrogens with one attached hydrogen (secondary N) is 1. The lowest BCUT2D eigenvalue weighted by atomic mass is 9.74. The van der Waals surface area contributed by atoms with Gasteiger partial charge in [-0.1, -0.05) is 30.3 Å². The van der Waals surface area contributed by atoms with Crippen LogP contribution in [0.1, 0.15) is 72.0 Å². The van der Waals surface area contributed by atoms with Crippen LogP contribution in [0, 0.1) is 0 Å². The van der Waals surface area contributed by atoms with Crippen LogP contribution in [0.5, 0.6) is 5.75 Å². The molecular formula is C33H38N4O5. The topological polar surface area (TPSA) is 99.3 Å². The first-order valence-corrected chi connectivity index (χ1v) is 15.4. The van der Waals surface area contributed by atoms with Crippen LogP contribution < -0.4 is 10.1 Å². The Morgan fingerprint density at radius 3 is 2.67 bits per heavy atom. The average molecular weight is 571 g/mol. The van der Waals surface area contributed by atoms with E-state index in [2.05, 4.69) is 33.3 Å². The Morgan fingerprint density at radius 1 is 1.00 bits per heavy atom. The number of aryl methyl sites for hydroxylation is 1. The van der Waals surface area contributed by atoms with Crippen molar-refractivity contribution < 1.29 is 23.9 Å². The summed E-state index contributed by atoms with van der Waals surface area (Å²) in [4.78, 5) is 56.9. The van der Waals surface area contributed by atoms with Gasteiger partial charge in [0.05, 0.1) is 12.6 Å². The summed E-state index contributed by atoms with van der Waals surface area (Å²) in [6, 6.07) is 13.5. The van der Waals surface area contributed by atoms with Gasteiger partial charge in [-0.05, 0) is 81.3 Å². The summed E-state index contributed by atoms with van der Waals surface area (Å²) in [7, 11) is 0. The van der Waals surface area contributed by atoms with Gasteiger partial charge in [-0.15, -0.1) is 0 Å². The van der Waals surface area contributed by atoms with Gasteiger partial charge in [-0.2, -0.15) is 0 Å². The van der Waals surface area contributed by atoms with Gasteiger partial charge in [0.15, 0.2) is 0 Å². The van der Waals surface area contributed by atoms with E-state index in [-0.39, 0.29) is 41.5 Å². The van der Waals surface area contributed by atoms with Gasteiger partial charge >= 0.3 is 0 Å². The van der Waals surface area contributed by atoms with Crippen LogP contribution in [0.25, 0.3) is 0 Å². The van der Waals surface area contributed by atoms with Crippen molar-refractivity contribution in [2.75, 3.05) is 32.8 Å². The van der Waals surface area contributed by atoms with E-state index in [1.807, 2.05) is 24.3 Å². The Kier molecular flexibility index (Phi) is 7.00. The maximum absolute atomic E-state index is 13.7. The number of benzene rings is 2. The molecule has 5 aliphatic heterocycles. The smallest absolute Gasteiger partial charge is 0.255 e. The fraction of sp³-hybridized carbons (Fsp3) is 0.515. The molecule has 9 nitrogen and oxygen atoms in total. The van der Waals surface area contributed by atoms with Crippen LogP contribution in [0.3, 0.4) is 0 Å². The van der Waals surface area contributed by atoms with Gasteiger partial charge in [-0.25, -0.2) is 0 Å². The minimum absolute atomic E-state index is 0.0356. The molecule has 3 fully saturated rings.